The third-order valence-corrected chi connectivity index (χ3v) is 3.48. The van der Waals surface area contributed by atoms with Crippen molar-refractivity contribution in [3.8, 4) is 11.8 Å². The summed E-state index contributed by atoms with van der Waals surface area (Å²) < 4.78 is 5.11. The lowest BCUT2D eigenvalue weighted by Crippen LogP contribution is -2.40. The predicted octanol–water partition coefficient (Wildman–Crippen LogP) is 3.13. The van der Waals surface area contributed by atoms with Crippen LogP contribution < -0.4 is 4.74 Å². The molecule has 0 aliphatic rings. The first kappa shape index (κ1) is 14.8. The van der Waals surface area contributed by atoms with Gasteiger partial charge >= 0.3 is 0 Å². The highest BCUT2D eigenvalue weighted by atomic mass is 35.5. The zero-order chi connectivity index (χ0) is 13.8. The summed E-state index contributed by atoms with van der Waals surface area (Å²) in [5, 5.41) is 9.67. The first-order valence-electron chi connectivity index (χ1n) is 5.85. The van der Waals surface area contributed by atoms with E-state index in [2.05, 4.69) is 6.07 Å². The van der Waals surface area contributed by atoms with Gasteiger partial charge in [0, 0.05) is 6.54 Å². The molecule has 0 aliphatic heterocycles. The van der Waals surface area contributed by atoms with Crippen molar-refractivity contribution in [3.63, 3.8) is 0 Å². The molecule has 0 aliphatic carbocycles. The maximum atomic E-state index is 9.04. The van der Waals surface area contributed by atoms with Crippen molar-refractivity contribution in [2.24, 2.45) is 0 Å². The highest BCUT2D eigenvalue weighted by molar-refractivity contribution is 6.32. The lowest BCUT2D eigenvalue weighted by atomic mass is 10.0. The lowest BCUT2D eigenvalue weighted by molar-refractivity contribution is 0.214. The summed E-state index contributed by atoms with van der Waals surface area (Å²) in [5.74, 6) is 0.686. The number of hydrogen-bond acceptors (Lipinski definition) is 3. The summed E-state index contributed by atoms with van der Waals surface area (Å²) in [4.78, 5) is 2.03. The largest absolute Gasteiger partial charge is 0.495 e. The van der Waals surface area contributed by atoms with Crippen LogP contribution in [0, 0.1) is 11.3 Å². The summed E-state index contributed by atoms with van der Waals surface area (Å²) >= 11 is 6.07. The van der Waals surface area contributed by atoms with Gasteiger partial charge in [-0.2, -0.15) is 5.26 Å². The molecule has 4 heteroatoms. The molecule has 0 N–H and O–H groups in total. The third kappa shape index (κ3) is 3.63. The van der Waals surface area contributed by atoms with Crippen LogP contribution in [-0.2, 0) is 6.42 Å². The van der Waals surface area contributed by atoms with Crippen LogP contribution in [0.25, 0.3) is 0 Å². The highest BCUT2D eigenvalue weighted by Crippen LogP contribution is 2.25. The van der Waals surface area contributed by atoms with Crippen LogP contribution in [0.5, 0.6) is 5.75 Å². The van der Waals surface area contributed by atoms with E-state index in [0.29, 0.717) is 10.8 Å². The topological polar surface area (TPSA) is 36.3 Å². The Morgan fingerprint density at radius 1 is 1.44 bits per heavy atom. The molecule has 0 unspecified atom stereocenters. The molecule has 0 aromatic heterocycles. The van der Waals surface area contributed by atoms with Gasteiger partial charge in [-0.05, 0) is 45.0 Å². The molecule has 0 radical (unpaired) electrons. The van der Waals surface area contributed by atoms with E-state index in [0.717, 1.165) is 18.5 Å². The maximum Gasteiger partial charge on any atom is 0.137 e. The van der Waals surface area contributed by atoms with Gasteiger partial charge in [-0.3, -0.25) is 4.90 Å². The molecule has 0 bridgehead atoms. The van der Waals surface area contributed by atoms with Crippen molar-refractivity contribution in [1.82, 2.24) is 4.90 Å². The van der Waals surface area contributed by atoms with Gasteiger partial charge in [-0.15, -0.1) is 0 Å². The molecule has 3 nitrogen and oxygen atoms in total. The zero-order valence-electron chi connectivity index (χ0n) is 11.3. The Labute approximate surface area is 114 Å². The molecule has 18 heavy (non-hydrogen) atoms. The Bertz CT molecular complexity index is 452. The number of benzene rings is 1. The van der Waals surface area contributed by atoms with Crippen LogP contribution in [0.3, 0.4) is 0 Å². The summed E-state index contributed by atoms with van der Waals surface area (Å²) in [7, 11) is 3.55. The van der Waals surface area contributed by atoms with E-state index >= 15 is 0 Å². The molecule has 0 atom stereocenters. The first-order chi connectivity index (χ1) is 8.40. The van der Waals surface area contributed by atoms with E-state index in [1.165, 1.54) is 0 Å². The fourth-order valence-electron chi connectivity index (χ4n) is 1.53. The van der Waals surface area contributed by atoms with Crippen LogP contribution in [0.1, 0.15) is 19.4 Å². The van der Waals surface area contributed by atoms with E-state index in [4.69, 9.17) is 21.6 Å². The van der Waals surface area contributed by atoms with Crippen molar-refractivity contribution in [3.05, 3.63) is 28.8 Å². The van der Waals surface area contributed by atoms with Crippen molar-refractivity contribution in [2.75, 3.05) is 20.7 Å². The minimum atomic E-state index is -0.448. The Morgan fingerprint density at radius 2 is 2.11 bits per heavy atom. The summed E-state index contributed by atoms with van der Waals surface area (Å²) in [6.07, 6.45) is 0.853. The Kier molecular flexibility index (Phi) is 5.01. The van der Waals surface area contributed by atoms with Gasteiger partial charge in [0.05, 0.1) is 18.2 Å². The molecule has 1 aromatic carbocycles. The average molecular weight is 267 g/mol. The Hall–Kier alpha value is -1.24. The normalized spacial score (nSPS) is 11.4. The second kappa shape index (κ2) is 6.08. The van der Waals surface area contributed by atoms with Gasteiger partial charge in [-0.25, -0.2) is 0 Å². The van der Waals surface area contributed by atoms with Crippen LogP contribution in [-0.4, -0.2) is 31.1 Å². The number of likely N-dealkylation sites (N-methyl/N-ethyl adjacent to an activating group) is 1. The molecular weight excluding hydrogens is 248 g/mol. The van der Waals surface area contributed by atoms with Crippen molar-refractivity contribution >= 4 is 11.6 Å². The molecular formula is C14H19ClN2O. The Morgan fingerprint density at radius 3 is 2.61 bits per heavy atom. The smallest absolute Gasteiger partial charge is 0.137 e. The number of nitrogens with zero attached hydrogens (tertiary/aromatic N) is 2. The van der Waals surface area contributed by atoms with E-state index in [1.54, 1.807) is 7.11 Å². The minimum Gasteiger partial charge on any atom is -0.495 e. The molecule has 0 saturated carbocycles. The lowest BCUT2D eigenvalue weighted by Gasteiger charge is -2.28. The standard InChI is InChI=1S/C14H19ClN2O/c1-14(2,10-16)17(3)8-7-11-5-6-13(18-4)12(15)9-11/h5-6,9H,7-8H2,1-4H3. The van der Waals surface area contributed by atoms with E-state index < -0.39 is 5.54 Å². The summed E-state index contributed by atoms with van der Waals surface area (Å²) in [6.45, 7) is 4.63. The van der Waals surface area contributed by atoms with Gasteiger partial charge in [0.25, 0.3) is 0 Å². The van der Waals surface area contributed by atoms with Gasteiger partial charge in [0.2, 0.25) is 0 Å². The number of ether oxygens (including phenoxy) is 1. The predicted molar refractivity (Wildman–Crippen MR) is 74.0 cm³/mol. The van der Waals surface area contributed by atoms with Crippen LogP contribution in [0.4, 0.5) is 0 Å². The van der Waals surface area contributed by atoms with E-state index in [1.807, 2.05) is 44.0 Å². The molecule has 98 valence electrons. The molecule has 0 heterocycles. The number of methoxy groups -OCH3 is 1. The molecule has 0 saturated heterocycles. The number of rotatable bonds is 5. The highest BCUT2D eigenvalue weighted by Gasteiger charge is 2.22. The first-order valence-corrected chi connectivity index (χ1v) is 6.23. The SMILES string of the molecule is COc1ccc(CCN(C)C(C)(C)C#N)cc1Cl. The average Bonchev–Trinajstić information content (AvgIpc) is 2.36. The molecule has 0 spiro atoms. The van der Waals surface area contributed by atoms with Crippen molar-refractivity contribution in [1.29, 1.82) is 5.26 Å². The van der Waals surface area contributed by atoms with E-state index in [-0.39, 0.29) is 0 Å². The van der Waals surface area contributed by atoms with Gasteiger partial charge in [0.15, 0.2) is 0 Å². The second-order valence-corrected chi connectivity index (χ2v) is 5.22. The molecule has 1 aromatic rings. The van der Waals surface area contributed by atoms with Gasteiger partial charge in [0.1, 0.15) is 11.3 Å². The quantitative estimate of drug-likeness (QED) is 0.822. The van der Waals surface area contributed by atoms with Gasteiger partial charge in [-0.1, -0.05) is 17.7 Å². The molecule has 0 amide bonds. The van der Waals surface area contributed by atoms with Crippen LogP contribution in [0.15, 0.2) is 18.2 Å². The zero-order valence-corrected chi connectivity index (χ0v) is 12.1. The number of nitriles is 1. The van der Waals surface area contributed by atoms with E-state index in [9.17, 15) is 0 Å². The molecule has 1 rings (SSSR count). The van der Waals surface area contributed by atoms with Crippen LogP contribution in [0.2, 0.25) is 5.02 Å². The fourth-order valence-corrected chi connectivity index (χ4v) is 1.81. The van der Waals surface area contributed by atoms with Gasteiger partial charge < -0.3 is 4.74 Å². The Balaban J connectivity index is 2.65. The second-order valence-electron chi connectivity index (χ2n) is 4.81. The number of hydrogen-bond donors (Lipinski definition) is 0. The fraction of sp³-hybridized carbons (Fsp3) is 0.500. The number of halogens is 1. The molecule has 0 fully saturated rings. The third-order valence-electron chi connectivity index (χ3n) is 3.18. The van der Waals surface area contributed by atoms with Crippen molar-refractivity contribution in [2.45, 2.75) is 25.8 Å². The monoisotopic (exact) mass is 266 g/mol. The summed E-state index contributed by atoms with van der Waals surface area (Å²) in [6, 6.07) is 8.06. The minimum absolute atomic E-state index is 0.448. The van der Waals surface area contributed by atoms with Crippen LogP contribution >= 0.6 is 11.6 Å². The summed E-state index contributed by atoms with van der Waals surface area (Å²) in [5.41, 5.74) is 0.692. The maximum absolute atomic E-state index is 9.04. The van der Waals surface area contributed by atoms with Crippen molar-refractivity contribution < 1.29 is 4.74 Å².